The summed E-state index contributed by atoms with van der Waals surface area (Å²) in [4.78, 5) is 22.9. The molecule has 128 valence electrons. The van der Waals surface area contributed by atoms with E-state index < -0.39 is 0 Å². The molecule has 0 saturated carbocycles. The van der Waals surface area contributed by atoms with Crippen LogP contribution in [0.3, 0.4) is 0 Å². The lowest BCUT2D eigenvalue weighted by Crippen LogP contribution is -2.37. The van der Waals surface area contributed by atoms with Crippen molar-refractivity contribution in [1.82, 2.24) is 10.6 Å². The molecule has 1 fully saturated rings. The van der Waals surface area contributed by atoms with Gasteiger partial charge in [0.25, 0.3) is 0 Å². The van der Waals surface area contributed by atoms with Crippen LogP contribution >= 0.6 is 12.4 Å². The zero-order chi connectivity index (χ0) is 15.8. The minimum atomic E-state index is 0. The van der Waals surface area contributed by atoms with Crippen LogP contribution in [0, 0.1) is 0 Å². The average Bonchev–Trinajstić information content (AvgIpc) is 3.03. The van der Waals surface area contributed by atoms with Gasteiger partial charge in [-0.05, 0) is 57.0 Å². The minimum absolute atomic E-state index is 0. The maximum absolute atomic E-state index is 11.7. The Labute approximate surface area is 143 Å². The molecule has 1 atom stereocenters. The number of rotatable bonds is 8. The number of benzene rings is 1. The Morgan fingerprint density at radius 1 is 1.30 bits per heavy atom. The van der Waals surface area contributed by atoms with E-state index in [2.05, 4.69) is 10.6 Å². The van der Waals surface area contributed by atoms with E-state index in [-0.39, 0.29) is 24.1 Å². The fraction of sp³-hybridized carbons (Fsp3) is 0.529. The van der Waals surface area contributed by atoms with E-state index in [9.17, 15) is 9.59 Å². The van der Waals surface area contributed by atoms with Crippen molar-refractivity contribution in [2.24, 2.45) is 0 Å². The van der Waals surface area contributed by atoms with Gasteiger partial charge < -0.3 is 15.4 Å². The summed E-state index contributed by atoms with van der Waals surface area (Å²) >= 11 is 0. The first-order valence-corrected chi connectivity index (χ1v) is 7.89. The summed E-state index contributed by atoms with van der Waals surface area (Å²) in [5.41, 5.74) is 0.673. The summed E-state index contributed by atoms with van der Waals surface area (Å²) in [6, 6.07) is 7.49. The molecule has 6 heteroatoms. The predicted octanol–water partition coefficient (Wildman–Crippen LogP) is 2.34. The fourth-order valence-corrected chi connectivity index (χ4v) is 2.46. The van der Waals surface area contributed by atoms with Crippen molar-refractivity contribution in [1.29, 1.82) is 0 Å². The number of hydrogen-bond acceptors (Lipinski definition) is 4. The lowest BCUT2D eigenvalue weighted by atomic mass is 10.1. The molecule has 0 bridgehead atoms. The monoisotopic (exact) mass is 340 g/mol. The first kappa shape index (κ1) is 19.5. The van der Waals surface area contributed by atoms with Crippen LogP contribution in [0.4, 0.5) is 0 Å². The number of carbonyl (C=O) groups excluding carboxylic acids is 2. The van der Waals surface area contributed by atoms with Gasteiger partial charge in [0.15, 0.2) is 5.78 Å². The van der Waals surface area contributed by atoms with E-state index in [1.54, 1.807) is 24.3 Å². The summed E-state index contributed by atoms with van der Waals surface area (Å²) in [5.74, 6) is 0.838. The molecule has 1 amide bonds. The third-order valence-electron chi connectivity index (χ3n) is 3.79. The summed E-state index contributed by atoms with van der Waals surface area (Å²) in [6.07, 6.45) is 3.48. The Morgan fingerprint density at radius 3 is 2.65 bits per heavy atom. The number of halogens is 1. The highest BCUT2D eigenvalue weighted by Crippen LogP contribution is 2.13. The van der Waals surface area contributed by atoms with Gasteiger partial charge in [0.1, 0.15) is 5.75 Å². The van der Waals surface area contributed by atoms with E-state index in [1.165, 1.54) is 13.3 Å². The Morgan fingerprint density at radius 2 is 2.04 bits per heavy atom. The molecule has 1 aliphatic rings. The van der Waals surface area contributed by atoms with Crippen LogP contribution in [0.15, 0.2) is 24.3 Å². The molecule has 0 aromatic heterocycles. The third kappa shape index (κ3) is 7.01. The van der Waals surface area contributed by atoms with Crippen LogP contribution in [0.2, 0.25) is 0 Å². The number of hydrogen-bond donors (Lipinski definition) is 2. The largest absolute Gasteiger partial charge is 0.494 e. The highest BCUT2D eigenvalue weighted by molar-refractivity contribution is 5.94. The van der Waals surface area contributed by atoms with Gasteiger partial charge in [0.2, 0.25) is 5.91 Å². The Kier molecular flexibility index (Phi) is 8.66. The molecule has 1 saturated heterocycles. The van der Waals surface area contributed by atoms with Gasteiger partial charge in [-0.2, -0.15) is 0 Å². The Balaban J connectivity index is 0.00000264. The van der Waals surface area contributed by atoms with E-state index in [0.717, 1.165) is 18.7 Å². The molecule has 1 aliphatic heterocycles. The zero-order valence-corrected chi connectivity index (χ0v) is 14.3. The molecular weight excluding hydrogens is 316 g/mol. The fourth-order valence-electron chi connectivity index (χ4n) is 2.46. The van der Waals surface area contributed by atoms with Gasteiger partial charge in [-0.3, -0.25) is 9.59 Å². The SMILES string of the molecule is CC(=O)c1ccc(OCCCC(=O)NCC2CCCN2)cc1.Cl. The lowest BCUT2D eigenvalue weighted by molar-refractivity contribution is -0.121. The highest BCUT2D eigenvalue weighted by atomic mass is 35.5. The molecule has 23 heavy (non-hydrogen) atoms. The number of amides is 1. The van der Waals surface area contributed by atoms with Crippen molar-refractivity contribution < 1.29 is 14.3 Å². The van der Waals surface area contributed by atoms with Crippen molar-refractivity contribution in [3.8, 4) is 5.75 Å². The van der Waals surface area contributed by atoms with Crippen molar-refractivity contribution in [3.05, 3.63) is 29.8 Å². The van der Waals surface area contributed by atoms with Gasteiger partial charge in [-0.25, -0.2) is 0 Å². The molecule has 1 aromatic carbocycles. The van der Waals surface area contributed by atoms with Gasteiger partial charge >= 0.3 is 0 Å². The molecule has 0 radical (unpaired) electrons. The first-order valence-electron chi connectivity index (χ1n) is 7.89. The molecule has 5 nitrogen and oxygen atoms in total. The van der Waals surface area contributed by atoms with Gasteiger partial charge in [-0.1, -0.05) is 0 Å². The molecule has 1 aromatic rings. The standard InChI is InChI=1S/C17H24N2O3.ClH/c1-13(20)14-6-8-16(9-7-14)22-11-3-5-17(21)19-12-15-4-2-10-18-15;/h6-9,15,18H,2-5,10-12H2,1H3,(H,19,21);1H. The topological polar surface area (TPSA) is 67.4 Å². The normalized spacial score (nSPS) is 16.5. The summed E-state index contributed by atoms with van der Waals surface area (Å²) in [7, 11) is 0. The second-order valence-corrected chi connectivity index (χ2v) is 5.63. The Bertz CT molecular complexity index is 499. The highest BCUT2D eigenvalue weighted by Gasteiger charge is 2.14. The van der Waals surface area contributed by atoms with Crippen LogP contribution in [0.5, 0.6) is 5.75 Å². The minimum Gasteiger partial charge on any atom is -0.494 e. The van der Waals surface area contributed by atoms with E-state index in [1.807, 2.05) is 0 Å². The molecular formula is C17H25ClN2O3. The number of nitrogens with one attached hydrogen (secondary N) is 2. The van der Waals surface area contributed by atoms with Crippen LogP contribution in [0.1, 0.15) is 43.0 Å². The van der Waals surface area contributed by atoms with Crippen LogP contribution < -0.4 is 15.4 Å². The smallest absolute Gasteiger partial charge is 0.220 e. The molecule has 1 heterocycles. The van der Waals surface area contributed by atoms with Crippen molar-refractivity contribution >= 4 is 24.1 Å². The zero-order valence-electron chi connectivity index (χ0n) is 13.5. The Hall–Kier alpha value is -1.59. The van der Waals surface area contributed by atoms with E-state index in [0.29, 0.717) is 37.6 Å². The third-order valence-corrected chi connectivity index (χ3v) is 3.79. The molecule has 2 rings (SSSR count). The van der Waals surface area contributed by atoms with Crippen molar-refractivity contribution in [3.63, 3.8) is 0 Å². The molecule has 2 N–H and O–H groups in total. The number of ether oxygens (including phenoxy) is 1. The predicted molar refractivity (Wildman–Crippen MR) is 92.5 cm³/mol. The van der Waals surface area contributed by atoms with Crippen molar-refractivity contribution in [2.45, 2.75) is 38.6 Å². The van der Waals surface area contributed by atoms with E-state index in [4.69, 9.17) is 4.74 Å². The lowest BCUT2D eigenvalue weighted by Gasteiger charge is -2.11. The first-order chi connectivity index (χ1) is 10.6. The molecule has 0 aliphatic carbocycles. The van der Waals surface area contributed by atoms with Gasteiger partial charge in [0, 0.05) is 24.6 Å². The summed E-state index contributed by atoms with van der Waals surface area (Å²) in [6.45, 7) is 3.80. The summed E-state index contributed by atoms with van der Waals surface area (Å²) < 4.78 is 5.57. The van der Waals surface area contributed by atoms with Crippen LogP contribution in [0.25, 0.3) is 0 Å². The van der Waals surface area contributed by atoms with Gasteiger partial charge in [-0.15, -0.1) is 12.4 Å². The maximum atomic E-state index is 11.7. The number of Topliss-reactive ketones (excluding diaryl/α,β-unsaturated/α-hetero) is 1. The quantitative estimate of drug-likeness (QED) is 0.563. The molecule has 1 unspecified atom stereocenters. The van der Waals surface area contributed by atoms with E-state index >= 15 is 0 Å². The van der Waals surface area contributed by atoms with Gasteiger partial charge in [0.05, 0.1) is 6.61 Å². The second kappa shape index (κ2) is 10.2. The van der Waals surface area contributed by atoms with Crippen LogP contribution in [-0.4, -0.2) is 37.4 Å². The van der Waals surface area contributed by atoms with Crippen LogP contribution in [-0.2, 0) is 4.79 Å². The maximum Gasteiger partial charge on any atom is 0.220 e. The number of ketones is 1. The average molecular weight is 341 g/mol. The second-order valence-electron chi connectivity index (χ2n) is 5.63. The molecule has 0 spiro atoms. The van der Waals surface area contributed by atoms with Crippen molar-refractivity contribution in [2.75, 3.05) is 19.7 Å². The number of carbonyl (C=O) groups is 2. The summed E-state index contributed by atoms with van der Waals surface area (Å²) in [5, 5.41) is 6.30.